The van der Waals surface area contributed by atoms with Crippen LogP contribution in [0.2, 0.25) is 0 Å². The van der Waals surface area contributed by atoms with Crippen LogP contribution in [0.3, 0.4) is 0 Å². The van der Waals surface area contributed by atoms with Crippen LogP contribution in [0, 0.1) is 6.92 Å². The molecule has 0 fully saturated rings. The fourth-order valence-electron chi connectivity index (χ4n) is 2.53. The molecule has 5 nitrogen and oxygen atoms in total. The third-order valence-electron chi connectivity index (χ3n) is 3.96. The number of amides is 1. The minimum Gasteiger partial charge on any atom is -0.324 e. The molecule has 0 radical (unpaired) electrons. The number of carbonyl (C=O) groups is 1. The Hall–Kier alpha value is -2.18. The molecule has 0 unspecified atom stereocenters. The number of sulfonamides is 1. The van der Waals surface area contributed by atoms with Crippen LogP contribution in [0.25, 0.3) is 0 Å². The highest BCUT2D eigenvalue weighted by Crippen LogP contribution is 2.20. The molecule has 0 aliphatic heterocycles. The van der Waals surface area contributed by atoms with Gasteiger partial charge in [-0.25, -0.2) is 13.1 Å². The van der Waals surface area contributed by atoms with E-state index in [1.54, 1.807) is 0 Å². The van der Waals surface area contributed by atoms with E-state index >= 15 is 0 Å². The molecule has 6 heteroatoms. The molecule has 134 valence electrons. The molecular weight excluding hydrogens is 336 g/mol. The van der Waals surface area contributed by atoms with Gasteiger partial charge in [0.15, 0.2) is 0 Å². The van der Waals surface area contributed by atoms with Crippen molar-refractivity contribution in [1.82, 2.24) is 4.72 Å². The zero-order valence-corrected chi connectivity index (χ0v) is 15.4. The average Bonchev–Trinajstić information content (AvgIpc) is 2.61. The van der Waals surface area contributed by atoms with Gasteiger partial charge in [0.05, 0.1) is 12.3 Å². The van der Waals surface area contributed by atoms with Crippen LogP contribution in [-0.4, -0.2) is 26.6 Å². The number of benzene rings is 2. The second-order valence-electron chi connectivity index (χ2n) is 5.89. The van der Waals surface area contributed by atoms with Gasteiger partial charge < -0.3 is 5.32 Å². The molecule has 0 spiro atoms. The predicted octanol–water partition coefficient (Wildman–Crippen LogP) is 2.66. The van der Waals surface area contributed by atoms with E-state index in [-0.39, 0.29) is 18.2 Å². The van der Waals surface area contributed by atoms with E-state index < -0.39 is 10.0 Å². The van der Waals surface area contributed by atoms with Crippen molar-refractivity contribution in [2.75, 3.05) is 17.6 Å². The average molecular weight is 360 g/mol. The van der Waals surface area contributed by atoms with Crippen molar-refractivity contribution >= 4 is 21.6 Å². The Bertz CT molecular complexity index is 818. The van der Waals surface area contributed by atoms with E-state index in [2.05, 4.69) is 10.0 Å². The lowest BCUT2D eigenvalue weighted by atomic mass is 10.1. The van der Waals surface area contributed by atoms with E-state index in [9.17, 15) is 13.2 Å². The van der Waals surface area contributed by atoms with Gasteiger partial charge in [-0.2, -0.15) is 0 Å². The molecule has 25 heavy (non-hydrogen) atoms. The number of para-hydroxylation sites is 1. The fourth-order valence-corrected chi connectivity index (χ4v) is 3.53. The number of anilines is 1. The highest BCUT2D eigenvalue weighted by molar-refractivity contribution is 7.89. The first kappa shape index (κ1) is 19.1. The van der Waals surface area contributed by atoms with Crippen LogP contribution >= 0.6 is 0 Å². The summed E-state index contributed by atoms with van der Waals surface area (Å²) in [6.45, 7) is 3.66. The Morgan fingerprint density at radius 2 is 1.76 bits per heavy atom. The molecule has 0 saturated heterocycles. The Labute approximate surface area is 149 Å². The first-order valence-corrected chi connectivity index (χ1v) is 9.96. The molecule has 2 rings (SSSR count). The zero-order chi connectivity index (χ0) is 18.3. The van der Waals surface area contributed by atoms with Crippen LogP contribution in [0.4, 0.5) is 5.69 Å². The highest BCUT2D eigenvalue weighted by atomic mass is 32.2. The van der Waals surface area contributed by atoms with Gasteiger partial charge in [0.25, 0.3) is 0 Å². The van der Waals surface area contributed by atoms with Gasteiger partial charge in [0, 0.05) is 5.69 Å². The number of hydrogen-bond donors (Lipinski definition) is 2. The molecule has 0 aromatic heterocycles. The van der Waals surface area contributed by atoms with Crippen molar-refractivity contribution in [2.45, 2.75) is 26.7 Å². The maximum Gasteiger partial charge on any atom is 0.239 e. The zero-order valence-electron chi connectivity index (χ0n) is 14.6. The molecule has 2 aromatic rings. The predicted molar refractivity (Wildman–Crippen MR) is 101 cm³/mol. The number of carbonyl (C=O) groups excluding carboxylic acids is 1. The van der Waals surface area contributed by atoms with Crippen molar-refractivity contribution < 1.29 is 13.2 Å². The number of rotatable bonds is 8. The molecule has 2 aromatic carbocycles. The lowest BCUT2D eigenvalue weighted by Crippen LogP contribution is -2.35. The Balaban J connectivity index is 1.89. The molecule has 1 amide bonds. The van der Waals surface area contributed by atoms with E-state index in [1.807, 2.05) is 62.4 Å². The maximum absolute atomic E-state index is 12.1. The van der Waals surface area contributed by atoms with Gasteiger partial charge in [-0.3, -0.25) is 4.79 Å². The first-order valence-electron chi connectivity index (χ1n) is 8.31. The second-order valence-corrected chi connectivity index (χ2v) is 7.81. The number of hydrogen-bond acceptors (Lipinski definition) is 3. The fraction of sp³-hybridized carbons (Fsp3) is 0.316. The summed E-state index contributed by atoms with van der Waals surface area (Å²) in [6, 6.07) is 15.2. The van der Waals surface area contributed by atoms with Crippen molar-refractivity contribution in [3.05, 3.63) is 65.2 Å². The molecule has 0 saturated carbocycles. The molecule has 0 aliphatic carbocycles. The van der Waals surface area contributed by atoms with Crippen molar-refractivity contribution in [1.29, 1.82) is 0 Å². The minimum absolute atomic E-state index is 0.0468. The standard InChI is InChI=1S/C19H24N2O3S/c1-3-17-11-7-8-15(2)19(17)21-18(22)14-20-25(23,24)13-12-16-9-5-4-6-10-16/h4-11,20H,3,12-14H2,1-2H3,(H,21,22). The van der Waals surface area contributed by atoms with Crippen molar-refractivity contribution in [2.24, 2.45) is 0 Å². The van der Waals surface area contributed by atoms with Crippen LogP contribution in [0.1, 0.15) is 23.6 Å². The quantitative estimate of drug-likeness (QED) is 0.760. The van der Waals surface area contributed by atoms with Gasteiger partial charge in [-0.1, -0.05) is 55.5 Å². The monoisotopic (exact) mass is 360 g/mol. The Kier molecular flexibility index (Phi) is 6.73. The summed E-state index contributed by atoms with van der Waals surface area (Å²) in [6.07, 6.45) is 1.20. The van der Waals surface area contributed by atoms with Crippen LogP contribution in [0.5, 0.6) is 0 Å². The third kappa shape index (κ3) is 5.99. The molecule has 0 aliphatic rings. The summed E-state index contributed by atoms with van der Waals surface area (Å²) in [4.78, 5) is 12.1. The molecular formula is C19H24N2O3S. The van der Waals surface area contributed by atoms with Gasteiger partial charge in [0.2, 0.25) is 15.9 Å². The first-order chi connectivity index (χ1) is 11.9. The van der Waals surface area contributed by atoms with Crippen molar-refractivity contribution in [3.63, 3.8) is 0 Å². The number of nitrogens with one attached hydrogen (secondary N) is 2. The Morgan fingerprint density at radius 1 is 1.04 bits per heavy atom. The van der Waals surface area contributed by atoms with Crippen LogP contribution < -0.4 is 10.0 Å². The summed E-state index contributed by atoms with van der Waals surface area (Å²) in [5, 5.41) is 2.81. The van der Waals surface area contributed by atoms with Gasteiger partial charge in [0.1, 0.15) is 0 Å². The lowest BCUT2D eigenvalue weighted by molar-refractivity contribution is -0.115. The van der Waals surface area contributed by atoms with E-state index in [1.165, 1.54) is 0 Å². The van der Waals surface area contributed by atoms with Gasteiger partial charge in [-0.15, -0.1) is 0 Å². The van der Waals surface area contributed by atoms with E-state index in [0.717, 1.165) is 28.8 Å². The largest absolute Gasteiger partial charge is 0.324 e. The second kappa shape index (κ2) is 8.78. The Morgan fingerprint density at radius 3 is 2.44 bits per heavy atom. The molecule has 0 bridgehead atoms. The smallest absolute Gasteiger partial charge is 0.239 e. The SMILES string of the molecule is CCc1cccc(C)c1NC(=O)CNS(=O)(=O)CCc1ccccc1. The summed E-state index contributed by atoms with van der Waals surface area (Å²) in [5.41, 5.74) is 3.70. The van der Waals surface area contributed by atoms with Crippen LogP contribution in [0.15, 0.2) is 48.5 Å². The normalized spacial score (nSPS) is 11.3. The highest BCUT2D eigenvalue weighted by Gasteiger charge is 2.14. The summed E-state index contributed by atoms with van der Waals surface area (Å²) in [7, 11) is -3.50. The third-order valence-corrected chi connectivity index (χ3v) is 5.29. The summed E-state index contributed by atoms with van der Waals surface area (Å²) >= 11 is 0. The molecule has 0 heterocycles. The number of aryl methyl sites for hydroxylation is 3. The summed E-state index contributed by atoms with van der Waals surface area (Å²) in [5.74, 6) is -0.415. The van der Waals surface area contributed by atoms with Crippen LogP contribution in [-0.2, 0) is 27.7 Å². The summed E-state index contributed by atoms with van der Waals surface area (Å²) < 4.78 is 26.5. The minimum atomic E-state index is -3.50. The maximum atomic E-state index is 12.1. The molecule has 0 atom stereocenters. The van der Waals surface area contributed by atoms with Gasteiger partial charge in [-0.05, 0) is 36.5 Å². The lowest BCUT2D eigenvalue weighted by Gasteiger charge is -2.13. The van der Waals surface area contributed by atoms with E-state index in [0.29, 0.717) is 6.42 Å². The molecule has 2 N–H and O–H groups in total. The van der Waals surface area contributed by atoms with E-state index in [4.69, 9.17) is 0 Å². The van der Waals surface area contributed by atoms with Crippen molar-refractivity contribution in [3.8, 4) is 0 Å². The topological polar surface area (TPSA) is 75.3 Å². The van der Waals surface area contributed by atoms with Gasteiger partial charge >= 0.3 is 0 Å².